The van der Waals surface area contributed by atoms with Gasteiger partial charge < -0.3 is 19.1 Å². The third-order valence-electron chi connectivity index (χ3n) is 5.17. The van der Waals surface area contributed by atoms with Gasteiger partial charge in [-0.1, -0.05) is 30.3 Å². The zero-order valence-corrected chi connectivity index (χ0v) is 14.5. The molecule has 25 heavy (non-hydrogen) atoms. The molecular formula is C20H22NO4+. The highest BCUT2D eigenvalue weighted by Crippen LogP contribution is 2.47. The van der Waals surface area contributed by atoms with E-state index in [1.54, 1.807) is 7.11 Å². The predicted molar refractivity (Wildman–Crippen MR) is 92.7 cm³/mol. The first-order valence-electron chi connectivity index (χ1n) is 8.59. The van der Waals surface area contributed by atoms with Gasteiger partial charge in [0, 0.05) is 12.0 Å². The van der Waals surface area contributed by atoms with Crippen LogP contribution in [0.4, 0.5) is 0 Å². The molecule has 0 aliphatic carbocycles. The van der Waals surface area contributed by atoms with Gasteiger partial charge in [-0.05, 0) is 11.6 Å². The Kier molecular flexibility index (Phi) is 4.09. The predicted octanol–water partition coefficient (Wildman–Crippen LogP) is 1.81. The Hall–Kier alpha value is -2.53. The largest absolute Gasteiger partial charge is 0.492 e. The normalized spacial score (nSPS) is 20.9. The zero-order valence-electron chi connectivity index (χ0n) is 14.5. The monoisotopic (exact) mass is 340 g/mol. The molecule has 0 radical (unpaired) electrons. The first-order valence-corrected chi connectivity index (χ1v) is 8.59. The van der Waals surface area contributed by atoms with E-state index in [9.17, 15) is 4.79 Å². The fourth-order valence-electron chi connectivity index (χ4n) is 3.82. The molecule has 1 N–H and O–H groups in total. The maximum Gasteiger partial charge on any atom is 0.231 e. The molecule has 2 aliphatic heterocycles. The van der Waals surface area contributed by atoms with E-state index in [-0.39, 0.29) is 18.6 Å². The van der Waals surface area contributed by atoms with Crippen molar-refractivity contribution in [3.05, 3.63) is 53.1 Å². The van der Waals surface area contributed by atoms with E-state index >= 15 is 0 Å². The fraction of sp³-hybridized carbons (Fsp3) is 0.350. The molecule has 4 rings (SSSR count). The Morgan fingerprint density at radius 2 is 2.08 bits per heavy atom. The van der Waals surface area contributed by atoms with Crippen LogP contribution in [-0.2, 0) is 6.42 Å². The summed E-state index contributed by atoms with van der Waals surface area (Å²) in [4.78, 5) is 14.1. The lowest BCUT2D eigenvalue weighted by atomic mass is 9.87. The number of likely N-dealkylation sites (N-methyl/N-ethyl adjacent to an activating group) is 1. The van der Waals surface area contributed by atoms with Gasteiger partial charge in [-0.2, -0.15) is 0 Å². The van der Waals surface area contributed by atoms with Crippen LogP contribution in [0.25, 0.3) is 0 Å². The number of carbonyl (C=O) groups excluding carboxylic acids is 1. The fourth-order valence-corrected chi connectivity index (χ4v) is 3.82. The Labute approximate surface area is 147 Å². The summed E-state index contributed by atoms with van der Waals surface area (Å²) < 4.78 is 16.9. The van der Waals surface area contributed by atoms with Crippen molar-refractivity contribution in [2.24, 2.45) is 0 Å². The highest BCUT2D eigenvalue weighted by Gasteiger charge is 2.37. The minimum atomic E-state index is 0.0425. The molecule has 0 saturated heterocycles. The molecular weight excluding hydrogens is 318 g/mol. The minimum Gasteiger partial charge on any atom is -0.492 e. The first kappa shape index (κ1) is 16.0. The summed E-state index contributed by atoms with van der Waals surface area (Å²) in [5.41, 5.74) is 3.03. The van der Waals surface area contributed by atoms with Crippen LogP contribution in [0.1, 0.15) is 33.9 Å². The summed E-state index contributed by atoms with van der Waals surface area (Å²) in [5.74, 6) is 2.27. The van der Waals surface area contributed by atoms with Crippen molar-refractivity contribution in [1.29, 1.82) is 0 Å². The van der Waals surface area contributed by atoms with Gasteiger partial charge >= 0.3 is 0 Å². The number of carbonyl (C=O) groups is 1. The summed E-state index contributed by atoms with van der Waals surface area (Å²) in [6.07, 6.45) is 1.38. The van der Waals surface area contributed by atoms with Crippen molar-refractivity contribution in [2.75, 3.05) is 27.5 Å². The maximum absolute atomic E-state index is 12.8. The van der Waals surface area contributed by atoms with Crippen LogP contribution in [0.15, 0.2) is 36.4 Å². The molecule has 2 aromatic rings. The molecule has 2 aromatic carbocycles. The number of quaternary nitrogens is 1. The van der Waals surface area contributed by atoms with Gasteiger partial charge in [-0.3, -0.25) is 4.79 Å². The molecule has 0 aromatic heterocycles. The lowest BCUT2D eigenvalue weighted by Crippen LogP contribution is -3.10. The van der Waals surface area contributed by atoms with Crippen LogP contribution in [-0.4, -0.2) is 33.3 Å². The average molecular weight is 340 g/mol. The molecule has 0 bridgehead atoms. The van der Waals surface area contributed by atoms with Crippen molar-refractivity contribution in [3.8, 4) is 17.2 Å². The van der Waals surface area contributed by atoms with Gasteiger partial charge in [-0.25, -0.2) is 0 Å². The van der Waals surface area contributed by atoms with Crippen LogP contribution < -0.4 is 19.1 Å². The van der Waals surface area contributed by atoms with E-state index in [1.807, 2.05) is 36.4 Å². The summed E-state index contributed by atoms with van der Waals surface area (Å²) in [6.45, 7) is 1.19. The lowest BCUT2D eigenvalue weighted by molar-refractivity contribution is -0.913. The first-order chi connectivity index (χ1) is 12.2. The van der Waals surface area contributed by atoms with Crippen LogP contribution in [0.2, 0.25) is 0 Å². The third kappa shape index (κ3) is 2.74. The van der Waals surface area contributed by atoms with Crippen LogP contribution in [0.3, 0.4) is 0 Å². The molecule has 0 amide bonds. The second-order valence-corrected chi connectivity index (χ2v) is 6.61. The molecule has 5 nitrogen and oxygen atoms in total. The van der Waals surface area contributed by atoms with Crippen molar-refractivity contribution in [1.82, 2.24) is 0 Å². The van der Waals surface area contributed by atoms with Gasteiger partial charge in [0.1, 0.15) is 6.04 Å². The van der Waals surface area contributed by atoms with Gasteiger partial charge in [0.2, 0.25) is 12.5 Å². The standard InChI is InChI=1S/C20H21NO4/c1-21-9-8-14-10-17-19(25-12-24-17)20(23-2)18(14)15(21)11-16(22)13-6-4-3-5-7-13/h3-7,10,15H,8-9,11-12H2,1-2H3/p+1/t15-/m0/s1. The number of Topliss-reactive ketones (excluding diaryl/α,β-unsaturated/α-hetero) is 1. The van der Waals surface area contributed by atoms with Crippen LogP contribution in [0.5, 0.6) is 17.2 Å². The quantitative estimate of drug-likeness (QED) is 0.863. The average Bonchev–Trinajstić information content (AvgIpc) is 3.11. The molecule has 130 valence electrons. The van der Waals surface area contributed by atoms with E-state index in [0.717, 1.165) is 35.6 Å². The van der Waals surface area contributed by atoms with Crippen LogP contribution in [0, 0.1) is 0 Å². The Balaban J connectivity index is 1.74. The minimum absolute atomic E-state index is 0.0425. The Morgan fingerprint density at radius 3 is 2.84 bits per heavy atom. The van der Waals surface area contributed by atoms with E-state index in [1.165, 1.54) is 10.5 Å². The smallest absolute Gasteiger partial charge is 0.231 e. The molecule has 2 aliphatic rings. The number of ketones is 1. The number of rotatable bonds is 4. The van der Waals surface area contributed by atoms with E-state index < -0.39 is 0 Å². The van der Waals surface area contributed by atoms with Crippen molar-refractivity contribution >= 4 is 5.78 Å². The summed E-state index contributed by atoms with van der Waals surface area (Å²) in [6, 6.07) is 11.6. The Morgan fingerprint density at radius 1 is 1.28 bits per heavy atom. The Bertz CT molecular complexity index is 803. The van der Waals surface area contributed by atoms with Gasteiger partial charge in [0.15, 0.2) is 17.3 Å². The van der Waals surface area contributed by atoms with E-state index in [2.05, 4.69) is 7.05 Å². The number of hydrogen-bond donors (Lipinski definition) is 1. The zero-order chi connectivity index (χ0) is 17.4. The number of fused-ring (bicyclic) bond motifs is 2. The number of hydrogen-bond acceptors (Lipinski definition) is 4. The molecule has 0 spiro atoms. The van der Waals surface area contributed by atoms with E-state index in [4.69, 9.17) is 14.2 Å². The highest BCUT2D eigenvalue weighted by atomic mass is 16.7. The second-order valence-electron chi connectivity index (χ2n) is 6.61. The molecule has 2 atom stereocenters. The number of methoxy groups -OCH3 is 1. The van der Waals surface area contributed by atoms with Gasteiger partial charge in [0.05, 0.1) is 32.7 Å². The van der Waals surface area contributed by atoms with Gasteiger partial charge in [0.25, 0.3) is 0 Å². The van der Waals surface area contributed by atoms with Gasteiger partial charge in [-0.15, -0.1) is 0 Å². The molecule has 2 heterocycles. The number of nitrogens with one attached hydrogen (secondary N) is 1. The third-order valence-corrected chi connectivity index (χ3v) is 5.17. The maximum atomic E-state index is 12.8. The number of benzene rings is 2. The highest BCUT2D eigenvalue weighted by molar-refractivity contribution is 5.96. The number of ether oxygens (including phenoxy) is 3. The van der Waals surface area contributed by atoms with E-state index in [0.29, 0.717) is 12.2 Å². The van der Waals surface area contributed by atoms with Crippen molar-refractivity contribution in [3.63, 3.8) is 0 Å². The molecule has 0 saturated carbocycles. The molecule has 1 unspecified atom stereocenters. The lowest BCUT2D eigenvalue weighted by Gasteiger charge is -2.32. The summed E-state index contributed by atoms with van der Waals surface area (Å²) >= 11 is 0. The summed E-state index contributed by atoms with van der Waals surface area (Å²) in [7, 11) is 3.79. The molecule has 5 heteroatoms. The second kappa shape index (κ2) is 6.41. The van der Waals surface area contributed by atoms with Crippen molar-refractivity contribution in [2.45, 2.75) is 18.9 Å². The topological polar surface area (TPSA) is 49.2 Å². The summed E-state index contributed by atoms with van der Waals surface area (Å²) in [5, 5.41) is 0. The molecule has 0 fully saturated rings. The van der Waals surface area contributed by atoms with Crippen molar-refractivity contribution < 1.29 is 23.9 Å². The SMILES string of the molecule is COc1c2c(cc3c1[C@H](CC(=O)c1ccccc1)[NH+](C)CC3)OCO2. The van der Waals surface area contributed by atoms with Crippen LogP contribution >= 0.6 is 0 Å².